The zero-order valence-electron chi connectivity index (χ0n) is 11.9. The van der Waals surface area contributed by atoms with E-state index in [1.807, 2.05) is 0 Å². The number of hydrogen-bond acceptors (Lipinski definition) is 3. The van der Waals surface area contributed by atoms with E-state index in [9.17, 15) is 14.3 Å². The monoisotopic (exact) mass is 291 g/mol. The highest BCUT2D eigenvalue weighted by Gasteiger charge is 2.24. The molecule has 1 aromatic heterocycles. The van der Waals surface area contributed by atoms with Gasteiger partial charge in [0.05, 0.1) is 6.10 Å². The van der Waals surface area contributed by atoms with E-state index in [0.29, 0.717) is 29.8 Å². The Kier molecular flexibility index (Phi) is 3.68. The van der Waals surface area contributed by atoms with Crippen LogP contribution in [0.3, 0.4) is 0 Å². The summed E-state index contributed by atoms with van der Waals surface area (Å²) in [7, 11) is 0. The van der Waals surface area contributed by atoms with Crippen molar-refractivity contribution >= 4 is 16.9 Å². The molecule has 21 heavy (non-hydrogen) atoms. The number of aryl methyl sites for hydroxylation is 1. The first-order valence-electron chi connectivity index (χ1n) is 7.20. The summed E-state index contributed by atoms with van der Waals surface area (Å²) in [5, 5.41) is 12.9. The molecule has 112 valence electrons. The molecular weight excluding hydrogens is 273 g/mol. The van der Waals surface area contributed by atoms with Gasteiger partial charge in [-0.25, -0.2) is 4.39 Å². The first-order chi connectivity index (χ1) is 10.1. The van der Waals surface area contributed by atoms with E-state index in [4.69, 9.17) is 4.42 Å². The summed E-state index contributed by atoms with van der Waals surface area (Å²) in [5.74, 6) is -0.336. The molecule has 0 radical (unpaired) electrons. The van der Waals surface area contributed by atoms with Crippen LogP contribution in [0.5, 0.6) is 0 Å². The molecule has 1 saturated carbocycles. The molecule has 1 aromatic carbocycles. The molecule has 4 nitrogen and oxygen atoms in total. The number of fused-ring (bicyclic) bond motifs is 1. The number of aliphatic hydroxyl groups excluding tert-OH is 1. The fraction of sp³-hybridized carbons (Fsp3) is 0.438. The number of carbonyl (C=O) groups excluding carboxylic acids is 1. The largest absolute Gasteiger partial charge is 0.448 e. The maximum atomic E-state index is 13.7. The van der Waals surface area contributed by atoms with Crippen molar-refractivity contribution < 1.29 is 18.7 Å². The van der Waals surface area contributed by atoms with Gasteiger partial charge >= 0.3 is 0 Å². The molecule has 0 spiro atoms. The summed E-state index contributed by atoms with van der Waals surface area (Å²) >= 11 is 0. The average Bonchev–Trinajstić information content (AvgIpc) is 3.02. The molecule has 1 fully saturated rings. The van der Waals surface area contributed by atoms with E-state index < -0.39 is 5.82 Å². The summed E-state index contributed by atoms with van der Waals surface area (Å²) < 4.78 is 19.1. The van der Waals surface area contributed by atoms with Crippen LogP contribution >= 0.6 is 0 Å². The van der Waals surface area contributed by atoms with Gasteiger partial charge in [-0.1, -0.05) is 12.1 Å². The highest BCUT2D eigenvalue weighted by Crippen LogP contribution is 2.28. The molecule has 1 aliphatic rings. The normalized spacial score (nSPS) is 21.9. The van der Waals surface area contributed by atoms with Gasteiger partial charge < -0.3 is 14.8 Å². The second-order valence-electron chi connectivity index (χ2n) is 5.72. The van der Waals surface area contributed by atoms with E-state index in [-0.39, 0.29) is 23.4 Å². The van der Waals surface area contributed by atoms with Crippen molar-refractivity contribution in [2.24, 2.45) is 5.92 Å². The van der Waals surface area contributed by atoms with Crippen LogP contribution in [0.25, 0.3) is 11.0 Å². The molecule has 0 saturated heterocycles. The Bertz CT molecular complexity index is 679. The van der Waals surface area contributed by atoms with Gasteiger partial charge in [-0.3, -0.25) is 4.79 Å². The van der Waals surface area contributed by atoms with Crippen LogP contribution in [0.2, 0.25) is 0 Å². The first-order valence-corrected chi connectivity index (χ1v) is 7.20. The highest BCUT2D eigenvalue weighted by molar-refractivity contribution is 5.98. The van der Waals surface area contributed by atoms with Crippen LogP contribution in [-0.4, -0.2) is 23.7 Å². The van der Waals surface area contributed by atoms with Crippen LogP contribution < -0.4 is 5.32 Å². The molecule has 0 aliphatic heterocycles. The lowest BCUT2D eigenvalue weighted by molar-refractivity contribution is 0.0918. The van der Waals surface area contributed by atoms with Gasteiger partial charge in [-0.2, -0.15) is 0 Å². The minimum Gasteiger partial charge on any atom is -0.448 e. The third-order valence-electron chi connectivity index (χ3n) is 4.19. The SMILES string of the molecule is Cc1c(C(=O)NCC2CCC(O)C2)oc2c(F)cccc12. The van der Waals surface area contributed by atoms with Crippen LogP contribution in [0.4, 0.5) is 4.39 Å². The van der Waals surface area contributed by atoms with Gasteiger partial charge in [-0.05, 0) is 38.2 Å². The second-order valence-corrected chi connectivity index (χ2v) is 5.72. The number of nitrogens with one attached hydrogen (secondary N) is 1. The molecule has 2 aromatic rings. The minimum atomic E-state index is -0.464. The molecule has 1 heterocycles. The molecule has 2 N–H and O–H groups in total. The fourth-order valence-electron chi connectivity index (χ4n) is 2.98. The Balaban J connectivity index is 1.75. The maximum Gasteiger partial charge on any atom is 0.287 e. The van der Waals surface area contributed by atoms with E-state index in [2.05, 4.69) is 5.32 Å². The standard InChI is InChI=1S/C16H18FNO3/c1-9-12-3-2-4-13(17)15(12)21-14(9)16(20)18-8-10-5-6-11(19)7-10/h2-4,10-11,19H,5-8H2,1H3,(H,18,20). The lowest BCUT2D eigenvalue weighted by atomic mass is 10.1. The zero-order chi connectivity index (χ0) is 15.0. The van der Waals surface area contributed by atoms with Crippen molar-refractivity contribution in [3.63, 3.8) is 0 Å². The zero-order valence-corrected chi connectivity index (χ0v) is 11.9. The lowest BCUT2D eigenvalue weighted by Crippen LogP contribution is -2.28. The molecule has 1 aliphatic carbocycles. The molecule has 1 amide bonds. The number of para-hydroxylation sites is 1. The summed E-state index contributed by atoms with van der Waals surface area (Å²) in [4.78, 5) is 12.2. The number of furan rings is 1. The third-order valence-corrected chi connectivity index (χ3v) is 4.19. The smallest absolute Gasteiger partial charge is 0.287 e. The highest BCUT2D eigenvalue weighted by atomic mass is 19.1. The summed E-state index contributed by atoms with van der Waals surface area (Å²) in [6, 6.07) is 4.65. The third kappa shape index (κ3) is 2.65. The average molecular weight is 291 g/mol. The molecular formula is C16H18FNO3. The van der Waals surface area contributed by atoms with Gasteiger partial charge in [0, 0.05) is 17.5 Å². The minimum absolute atomic E-state index is 0.122. The number of halogens is 1. The van der Waals surface area contributed by atoms with Crippen LogP contribution in [0.1, 0.15) is 35.4 Å². The Morgan fingerprint density at radius 3 is 2.95 bits per heavy atom. The van der Waals surface area contributed by atoms with E-state index in [1.54, 1.807) is 19.1 Å². The van der Waals surface area contributed by atoms with Gasteiger partial charge in [0.25, 0.3) is 5.91 Å². The number of rotatable bonds is 3. The topological polar surface area (TPSA) is 62.5 Å². The van der Waals surface area contributed by atoms with Gasteiger partial charge in [0.15, 0.2) is 17.2 Å². The van der Waals surface area contributed by atoms with Crippen molar-refractivity contribution in [2.75, 3.05) is 6.54 Å². The molecule has 2 atom stereocenters. The Morgan fingerprint density at radius 2 is 2.29 bits per heavy atom. The van der Waals surface area contributed by atoms with Gasteiger partial charge in [-0.15, -0.1) is 0 Å². The molecule has 5 heteroatoms. The molecule has 2 unspecified atom stereocenters. The quantitative estimate of drug-likeness (QED) is 0.914. The Morgan fingerprint density at radius 1 is 1.48 bits per heavy atom. The van der Waals surface area contributed by atoms with Crippen molar-refractivity contribution in [1.29, 1.82) is 0 Å². The van der Waals surface area contributed by atoms with Gasteiger partial charge in [0.1, 0.15) is 0 Å². The fourth-order valence-corrected chi connectivity index (χ4v) is 2.98. The second kappa shape index (κ2) is 5.48. The Labute approximate surface area is 121 Å². The number of hydrogen-bond donors (Lipinski definition) is 2. The number of aliphatic hydroxyl groups is 1. The predicted octanol–water partition coefficient (Wildman–Crippen LogP) is 2.77. The van der Waals surface area contributed by atoms with E-state index in [0.717, 1.165) is 12.8 Å². The number of amides is 1. The first kappa shape index (κ1) is 14.1. The molecule has 0 bridgehead atoms. The van der Waals surface area contributed by atoms with Gasteiger partial charge in [0.2, 0.25) is 0 Å². The maximum absolute atomic E-state index is 13.7. The number of benzene rings is 1. The summed E-state index contributed by atoms with van der Waals surface area (Å²) in [6.45, 7) is 2.26. The van der Waals surface area contributed by atoms with Crippen LogP contribution in [0.15, 0.2) is 22.6 Å². The van der Waals surface area contributed by atoms with E-state index >= 15 is 0 Å². The van der Waals surface area contributed by atoms with Crippen molar-refractivity contribution in [2.45, 2.75) is 32.3 Å². The predicted molar refractivity (Wildman–Crippen MR) is 76.6 cm³/mol. The van der Waals surface area contributed by atoms with Crippen molar-refractivity contribution in [1.82, 2.24) is 5.32 Å². The van der Waals surface area contributed by atoms with Crippen molar-refractivity contribution in [3.05, 3.63) is 35.3 Å². The summed E-state index contributed by atoms with van der Waals surface area (Å²) in [6.07, 6.45) is 2.16. The Hall–Kier alpha value is -1.88. The number of carbonyl (C=O) groups is 1. The van der Waals surface area contributed by atoms with E-state index in [1.165, 1.54) is 6.07 Å². The van der Waals surface area contributed by atoms with Crippen LogP contribution in [0, 0.1) is 18.7 Å². The van der Waals surface area contributed by atoms with Crippen molar-refractivity contribution in [3.8, 4) is 0 Å². The van der Waals surface area contributed by atoms with Crippen LogP contribution in [-0.2, 0) is 0 Å². The lowest BCUT2D eigenvalue weighted by Gasteiger charge is -2.10. The molecule has 3 rings (SSSR count). The summed E-state index contributed by atoms with van der Waals surface area (Å²) in [5.41, 5.74) is 0.768.